The molecule has 0 amide bonds. The third-order valence-electron chi connectivity index (χ3n) is 3.45. The van der Waals surface area contributed by atoms with Gasteiger partial charge in [-0.2, -0.15) is 4.31 Å². The van der Waals surface area contributed by atoms with E-state index in [2.05, 4.69) is 13.8 Å². The van der Waals surface area contributed by atoms with Gasteiger partial charge in [0.15, 0.2) is 0 Å². The topological polar surface area (TPSA) is 63.4 Å². The SMILES string of the molecule is CC(C)C1CCCN1S(=O)(=O)c1cc(CN)cs1. The lowest BCUT2D eigenvalue weighted by Gasteiger charge is -2.26. The van der Waals surface area contributed by atoms with Gasteiger partial charge in [-0.05, 0) is 35.8 Å². The van der Waals surface area contributed by atoms with Crippen molar-refractivity contribution in [3.63, 3.8) is 0 Å². The van der Waals surface area contributed by atoms with Crippen LogP contribution in [0.15, 0.2) is 15.7 Å². The zero-order chi connectivity index (χ0) is 13.3. The van der Waals surface area contributed by atoms with Crippen molar-refractivity contribution >= 4 is 21.4 Å². The van der Waals surface area contributed by atoms with E-state index in [0.717, 1.165) is 18.4 Å². The summed E-state index contributed by atoms with van der Waals surface area (Å²) in [5, 5.41) is 1.83. The Hall–Kier alpha value is -0.430. The van der Waals surface area contributed by atoms with Gasteiger partial charge in [0.2, 0.25) is 0 Å². The van der Waals surface area contributed by atoms with Gasteiger partial charge in [-0.15, -0.1) is 11.3 Å². The average Bonchev–Trinajstić information content (AvgIpc) is 2.98. The molecule has 1 saturated heterocycles. The fourth-order valence-corrected chi connectivity index (χ4v) is 5.62. The molecule has 1 fully saturated rings. The molecule has 4 nitrogen and oxygen atoms in total. The normalized spacial score (nSPS) is 21.9. The maximum atomic E-state index is 12.6. The molecule has 0 saturated carbocycles. The summed E-state index contributed by atoms with van der Waals surface area (Å²) in [6, 6.07) is 1.84. The van der Waals surface area contributed by atoms with Crippen molar-refractivity contribution in [1.82, 2.24) is 4.31 Å². The van der Waals surface area contributed by atoms with Gasteiger partial charge in [-0.3, -0.25) is 0 Å². The molecule has 0 aromatic carbocycles. The highest BCUT2D eigenvalue weighted by Gasteiger charge is 2.37. The van der Waals surface area contributed by atoms with E-state index in [0.29, 0.717) is 23.2 Å². The summed E-state index contributed by atoms with van der Waals surface area (Å²) in [5.41, 5.74) is 6.42. The van der Waals surface area contributed by atoms with Crippen LogP contribution >= 0.6 is 11.3 Å². The molecule has 0 spiro atoms. The molecule has 1 atom stereocenters. The van der Waals surface area contributed by atoms with Crippen LogP contribution in [0.4, 0.5) is 0 Å². The molecule has 18 heavy (non-hydrogen) atoms. The van der Waals surface area contributed by atoms with Crippen molar-refractivity contribution in [1.29, 1.82) is 0 Å². The highest BCUT2D eigenvalue weighted by molar-refractivity contribution is 7.91. The lowest BCUT2D eigenvalue weighted by Crippen LogP contribution is -2.38. The molecule has 2 N–H and O–H groups in total. The quantitative estimate of drug-likeness (QED) is 0.922. The Morgan fingerprint density at radius 1 is 1.56 bits per heavy atom. The van der Waals surface area contributed by atoms with Crippen molar-refractivity contribution in [2.24, 2.45) is 11.7 Å². The fourth-order valence-electron chi connectivity index (χ4n) is 2.44. The number of sulfonamides is 1. The van der Waals surface area contributed by atoms with E-state index in [9.17, 15) is 8.42 Å². The van der Waals surface area contributed by atoms with Gasteiger partial charge in [-0.25, -0.2) is 8.42 Å². The first-order valence-electron chi connectivity index (χ1n) is 6.26. The number of rotatable bonds is 4. The van der Waals surface area contributed by atoms with Gasteiger partial charge in [0.1, 0.15) is 4.21 Å². The van der Waals surface area contributed by atoms with E-state index < -0.39 is 10.0 Å². The lowest BCUT2D eigenvalue weighted by molar-refractivity contribution is 0.316. The van der Waals surface area contributed by atoms with Crippen LogP contribution in [0.1, 0.15) is 32.3 Å². The van der Waals surface area contributed by atoms with Crippen LogP contribution in [0.3, 0.4) is 0 Å². The number of thiophene rings is 1. The predicted octanol–water partition coefficient (Wildman–Crippen LogP) is 2.02. The molecule has 2 heterocycles. The smallest absolute Gasteiger partial charge is 0.252 e. The molecule has 1 aliphatic rings. The lowest BCUT2D eigenvalue weighted by atomic mass is 10.0. The Kier molecular flexibility index (Phi) is 4.11. The van der Waals surface area contributed by atoms with Gasteiger partial charge in [-0.1, -0.05) is 13.8 Å². The summed E-state index contributed by atoms with van der Waals surface area (Å²) in [5.74, 6) is 0.358. The molecule has 1 unspecified atom stereocenters. The molecule has 0 bridgehead atoms. The summed E-state index contributed by atoms with van der Waals surface area (Å²) in [7, 11) is -3.33. The van der Waals surface area contributed by atoms with Gasteiger partial charge >= 0.3 is 0 Å². The maximum Gasteiger partial charge on any atom is 0.252 e. The molecular formula is C12H20N2O2S2. The minimum absolute atomic E-state index is 0.137. The molecule has 0 aliphatic carbocycles. The van der Waals surface area contributed by atoms with E-state index in [4.69, 9.17) is 5.73 Å². The predicted molar refractivity (Wildman–Crippen MR) is 74.0 cm³/mol. The Labute approximate surface area is 113 Å². The monoisotopic (exact) mass is 288 g/mol. The summed E-state index contributed by atoms with van der Waals surface area (Å²) in [6.07, 6.45) is 1.92. The number of nitrogens with zero attached hydrogens (tertiary/aromatic N) is 1. The summed E-state index contributed by atoms with van der Waals surface area (Å²) in [6.45, 7) is 5.19. The minimum atomic E-state index is -3.33. The van der Waals surface area contributed by atoms with Crippen LogP contribution in [0.5, 0.6) is 0 Å². The van der Waals surface area contributed by atoms with Gasteiger partial charge in [0, 0.05) is 19.1 Å². The van der Waals surface area contributed by atoms with Crippen LogP contribution in [0.2, 0.25) is 0 Å². The molecule has 102 valence electrons. The zero-order valence-electron chi connectivity index (χ0n) is 10.8. The Morgan fingerprint density at radius 2 is 2.28 bits per heavy atom. The van der Waals surface area contributed by atoms with Crippen molar-refractivity contribution in [2.45, 2.75) is 43.5 Å². The number of hydrogen-bond donors (Lipinski definition) is 1. The van der Waals surface area contributed by atoms with E-state index in [1.807, 2.05) is 5.38 Å². The second kappa shape index (κ2) is 5.28. The average molecular weight is 288 g/mol. The fraction of sp³-hybridized carbons (Fsp3) is 0.667. The third kappa shape index (κ3) is 2.47. The molecule has 1 aliphatic heterocycles. The molecule has 1 aromatic heterocycles. The second-order valence-electron chi connectivity index (χ2n) is 5.05. The summed E-state index contributed by atoms with van der Waals surface area (Å²) in [4.78, 5) is 0. The first kappa shape index (κ1) is 14.0. The van der Waals surface area contributed by atoms with Gasteiger partial charge in [0.25, 0.3) is 10.0 Å². The third-order valence-corrected chi connectivity index (χ3v) is 6.83. The van der Waals surface area contributed by atoms with E-state index in [-0.39, 0.29) is 6.04 Å². The van der Waals surface area contributed by atoms with Crippen molar-refractivity contribution < 1.29 is 8.42 Å². The van der Waals surface area contributed by atoms with Crippen LogP contribution in [-0.4, -0.2) is 25.3 Å². The van der Waals surface area contributed by atoms with Crippen molar-refractivity contribution in [3.05, 3.63) is 17.0 Å². The summed E-state index contributed by atoms with van der Waals surface area (Å²) >= 11 is 1.27. The highest BCUT2D eigenvalue weighted by Crippen LogP contribution is 2.32. The van der Waals surface area contributed by atoms with Gasteiger partial charge in [0.05, 0.1) is 0 Å². The largest absolute Gasteiger partial charge is 0.326 e. The van der Waals surface area contributed by atoms with Crippen LogP contribution in [-0.2, 0) is 16.6 Å². The van der Waals surface area contributed by atoms with E-state index in [1.54, 1.807) is 10.4 Å². The zero-order valence-corrected chi connectivity index (χ0v) is 12.4. The standard InChI is InChI=1S/C12H20N2O2S2/c1-9(2)11-4-3-5-14(11)18(15,16)12-6-10(7-13)8-17-12/h6,8-9,11H,3-5,7,13H2,1-2H3. The van der Waals surface area contributed by atoms with E-state index >= 15 is 0 Å². The maximum absolute atomic E-state index is 12.6. The molecular weight excluding hydrogens is 268 g/mol. The van der Waals surface area contributed by atoms with Crippen molar-refractivity contribution in [3.8, 4) is 0 Å². The van der Waals surface area contributed by atoms with Crippen molar-refractivity contribution in [2.75, 3.05) is 6.54 Å². The minimum Gasteiger partial charge on any atom is -0.326 e. The van der Waals surface area contributed by atoms with Crippen LogP contribution < -0.4 is 5.73 Å². The number of hydrogen-bond acceptors (Lipinski definition) is 4. The molecule has 0 radical (unpaired) electrons. The van der Waals surface area contributed by atoms with E-state index in [1.165, 1.54) is 11.3 Å². The number of nitrogens with two attached hydrogens (primary N) is 1. The molecule has 2 rings (SSSR count). The Bertz CT molecular complexity index is 508. The Balaban J connectivity index is 2.30. The molecule has 6 heteroatoms. The summed E-state index contributed by atoms with van der Waals surface area (Å²) < 4.78 is 27.2. The van der Waals surface area contributed by atoms with Crippen LogP contribution in [0.25, 0.3) is 0 Å². The second-order valence-corrected chi connectivity index (χ2v) is 8.08. The Morgan fingerprint density at radius 3 is 2.83 bits per heavy atom. The first-order chi connectivity index (χ1) is 8.46. The first-order valence-corrected chi connectivity index (χ1v) is 8.58. The highest BCUT2D eigenvalue weighted by atomic mass is 32.2. The van der Waals surface area contributed by atoms with Crippen LogP contribution in [0, 0.1) is 5.92 Å². The molecule has 1 aromatic rings. The van der Waals surface area contributed by atoms with Gasteiger partial charge < -0.3 is 5.73 Å².